The number of nitrogens with zero attached hydrogens (tertiary/aromatic N) is 3. The van der Waals surface area contributed by atoms with Crippen molar-refractivity contribution in [1.82, 2.24) is 0 Å². The number of nitrogen functional groups attached to an aromatic ring is 2. The van der Waals surface area contributed by atoms with Crippen LogP contribution in [0.25, 0.3) is 48.7 Å². The fourth-order valence-corrected chi connectivity index (χ4v) is 7.02. The second-order valence-electron chi connectivity index (χ2n) is 12.2. The predicted molar refractivity (Wildman–Crippen MR) is 192 cm³/mol. The van der Waals surface area contributed by atoms with Crippen molar-refractivity contribution in [2.24, 2.45) is 0 Å². The third kappa shape index (κ3) is 4.12. The Morgan fingerprint density at radius 1 is 0.717 bits per heavy atom. The largest absolute Gasteiger partial charge is 0.398 e. The zero-order chi connectivity index (χ0) is 32.4. The molecule has 0 saturated heterocycles. The molecule has 7 heteroatoms. The van der Waals surface area contributed by atoms with E-state index in [1.807, 2.05) is 86.5 Å². The van der Waals surface area contributed by atoms with Crippen molar-refractivity contribution in [1.29, 1.82) is 10.7 Å². The van der Waals surface area contributed by atoms with Gasteiger partial charge in [-0.15, -0.1) is 0 Å². The highest BCUT2D eigenvalue weighted by molar-refractivity contribution is 6.38. The van der Waals surface area contributed by atoms with Gasteiger partial charge in [-0.25, -0.2) is 0 Å². The van der Waals surface area contributed by atoms with Gasteiger partial charge in [0.1, 0.15) is 11.6 Å². The fourth-order valence-electron chi connectivity index (χ4n) is 7.02. The quantitative estimate of drug-likeness (QED) is 0.0819. The molecule has 7 nitrogen and oxygen atoms in total. The van der Waals surface area contributed by atoms with Crippen LogP contribution in [0.1, 0.15) is 17.0 Å². The Bertz CT molecular complexity index is 2440. The summed E-state index contributed by atoms with van der Waals surface area (Å²) in [4.78, 5) is 18.7. The first kappa shape index (κ1) is 28.7. The van der Waals surface area contributed by atoms with Gasteiger partial charge in [0, 0.05) is 78.4 Å². The molecular formula is C39H32N6O. The lowest BCUT2D eigenvalue weighted by atomic mass is 9.65. The van der Waals surface area contributed by atoms with Crippen molar-refractivity contribution in [2.45, 2.75) is 5.92 Å². The normalized spacial score (nSPS) is 14.4. The highest BCUT2D eigenvalue weighted by atomic mass is 16.1. The van der Waals surface area contributed by atoms with Crippen molar-refractivity contribution >= 4 is 83.1 Å². The molecule has 1 aliphatic rings. The number of fused-ring (bicyclic) bond motifs is 4. The number of nitrogens with two attached hydrogens (primary N) is 2. The number of benzene rings is 6. The lowest BCUT2D eigenvalue weighted by molar-refractivity contribution is -0.115. The SMILES string of the molecule is CN(C)c1cc(N)c(C2=C(C(=C=N)C#N)C(c3c(N)cc(N(C)C)c4cc5ccccc5cc34)C2=O)c2cc3ccccc3cc12. The maximum absolute atomic E-state index is 14.7. The van der Waals surface area contributed by atoms with Crippen molar-refractivity contribution in [3.05, 3.63) is 107 Å². The lowest BCUT2D eigenvalue weighted by Crippen LogP contribution is -2.31. The van der Waals surface area contributed by atoms with Gasteiger partial charge in [-0.1, -0.05) is 48.5 Å². The predicted octanol–water partition coefficient (Wildman–Crippen LogP) is 7.41. The van der Waals surface area contributed by atoms with Crippen LogP contribution in [0.4, 0.5) is 22.7 Å². The molecule has 0 heterocycles. The van der Waals surface area contributed by atoms with Crippen LogP contribution in [-0.4, -0.2) is 39.8 Å². The molecule has 0 bridgehead atoms. The van der Waals surface area contributed by atoms with E-state index in [1.165, 1.54) is 0 Å². The fraction of sp³-hybridized carbons (Fsp3) is 0.128. The summed E-state index contributed by atoms with van der Waals surface area (Å²) in [6.07, 6.45) is 0. The van der Waals surface area contributed by atoms with Crippen molar-refractivity contribution in [3.8, 4) is 6.07 Å². The van der Waals surface area contributed by atoms with E-state index in [4.69, 9.17) is 16.9 Å². The van der Waals surface area contributed by atoms with Gasteiger partial charge in [-0.3, -0.25) is 10.2 Å². The summed E-state index contributed by atoms with van der Waals surface area (Å²) < 4.78 is 0. The molecule has 0 radical (unpaired) electrons. The summed E-state index contributed by atoms with van der Waals surface area (Å²) in [5.41, 5.74) is 18.2. The number of carbonyl (C=O) groups excluding carboxylic acids is 1. The van der Waals surface area contributed by atoms with Gasteiger partial charge in [-0.2, -0.15) is 5.26 Å². The third-order valence-corrected chi connectivity index (χ3v) is 9.14. The first-order valence-electron chi connectivity index (χ1n) is 15.0. The maximum atomic E-state index is 14.7. The van der Waals surface area contributed by atoms with Gasteiger partial charge < -0.3 is 21.3 Å². The van der Waals surface area contributed by atoms with E-state index in [1.54, 1.807) is 0 Å². The first-order valence-corrected chi connectivity index (χ1v) is 15.0. The molecule has 1 aliphatic carbocycles. The summed E-state index contributed by atoms with van der Waals surface area (Å²) in [7, 11) is 7.83. The Labute approximate surface area is 266 Å². The van der Waals surface area contributed by atoms with E-state index in [9.17, 15) is 10.1 Å². The van der Waals surface area contributed by atoms with Crippen molar-refractivity contribution < 1.29 is 4.79 Å². The summed E-state index contributed by atoms with van der Waals surface area (Å²) in [6, 6.07) is 30.4. The highest BCUT2D eigenvalue weighted by Gasteiger charge is 2.46. The molecule has 224 valence electrons. The Kier molecular flexibility index (Phi) is 6.56. The number of ketones is 1. The zero-order valence-corrected chi connectivity index (χ0v) is 26.1. The third-order valence-electron chi connectivity index (χ3n) is 9.14. The molecule has 46 heavy (non-hydrogen) atoms. The molecule has 6 aromatic carbocycles. The second kappa shape index (κ2) is 10.5. The number of nitrogens with one attached hydrogen (secondary N) is 1. The van der Waals surface area contributed by atoms with Crippen LogP contribution in [0, 0.1) is 16.7 Å². The van der Waals surface area contributed by atoms with E-state index < -0.39 is 5.92 Å². The lowest BCUT2D eigenvalue weighted by Gasteiger charge is -2.35. The molecule has 1 atom stereocenters. The average molecular weight is 601 g/mol. The maximum Gasteiger partial charge on any atom is 0.175 e. The molecule has 0 amide bonds. The molecule has 7 rings (SSSR count). The number of hydrogen-bond donors (Lipinski definition) is 3. The summed E-state index contributed by atoms with van der Waals surface area (Å²) in [6.45, 7) is 0. The summed E-state index contributed by atoms with van der Waals surface area (Å²) >= 11 is 0. The molecule has 0 saturated carbocycles. The minimum absolute atomic E-state index is 0.0188. The van der Waals surface area contributed by atoms with Gasteiger partial charge in [0.2, 0.25) is 0 Å². The molecular weight excluding hydrogens is 568 g/mol. The van der Waals surface area contributed by atoms with E-state index in [0.29, 0.717) is 33.6 Å². The summed E-state index contributed by atoms with van der Waals surface area (Å²) in [5.74, 6) is 1.26. The highest BCUT2D eigenvalue weighted by Crippen LogP contribution is 2.54. The Balaban J connectivity index is 1.59. The molecule has 0 aliphatic heterocycles. The number of anilines is 4. The van der Waals surface area contributed by atoms with E-state index >= 15 is 0 Å². The number of Topliss-reactive ketones (excluding diaryl/α,β-unsaturated/α-hetero) is 1. The Morgan fingerprint density at radius 3 is 1.65 bits per heavy atom. The molecule has 0 aromatic heterocycles. The zero-order valence-electron chi connectivity index (χ0n) is 26.1. The van der Waals surface area contributed by atoms with Crippen LogP contribution in [0.15, 0.2) is 96.1 Å². The molecule has 1 unspecified atom stereocenters. The minimum atomic E-state index is -0.870. The van der Waals surface area contributed by atoms with E-state index in [-0.39, 0.29) is 11.4 Å². The second-order valence-corrected chi connectivity index (χ2v) is 12.2. The first-order chi connectivity index (χ1) is 22.1. The van der Waals surface area contributed by atoms with Gasteiger partial charge in [0.05, 0.1) is 5.92 Å². The molecule has 0 spiro atoms. The standard InChI is InChI=1S/C39H32N6O/c1-44(2)32-17-30(42)35(28-15-23-11-7-5-9-21(23)13-26(28)32)37-34(25(19-40)20-41)38(39(37)46)36-29-16-24-12-8-6-10-22(24)14-27(29)33(45(3)4)18-31(36)43/h5-18,37,40H,42-43H2,1-4H3. The van der Waals surface area contributed by atoms with Gasteiger partial charge in [0.15, 0.2) is 5.78 Å². The number of hydrogen-bond acceptors (Lipinski definition) is 7. The van der Waals surface area contributed by atoms with Crippen LogP contribution in [0.2, 0.25) is 0 Å². The number of carbonyl (C=O) groups is 1. The van der Waals surface area contributed by atoms with Crippen LogP contribution >= 0.6 is 0 Å². The topological polar surface area (TPSA) is 123 Å². The average Bonchev–Trinajstić information content (AvgIpc) is 3.05. The molecule has 5 N–H and O–H groups in total. The van der Waals surface area contributed by atoms with Crippen LogP contribution in [-0.2, 0) is 4.79 Å². The number of allylic oxidation sites excluding steroid dienone is 3. The van der Waals surface area contributed by atoms with Crippen LogP contribution in [0.5, 0.6) is 0 Å². The van der Waals surface area contributed by atoms with Crippen LogP contribution in [0.3, 0.4) is 0 Å². The van der Waals surface area contributed by atoms with Gasteiger partial charge >= 0.3 is 0 Å². The number of rotatable bonds is 5. The van der Waals surface area contributed by atoms with Gasteiger partial charge in [0.25, 0.3) is 0 Å². The molecule has 6 aromatic rings. The Hall–Kier alpha value is -6.09. The van der Waals surface area contributed by atoms with Crippen molar-refractivity contribution in [3.63, 3.8) is 0 Å². The van der Waals surface area contributed by atoms with E-state index in [0.717, 1.165) is 54.5 Å². The monoisotopic (exact) mass is 600 g/mol. The summed E-state index contributed by atoms with van der Waals surface area (Å²) in [5, 5.41) is 26.0. The number of nitriles is 1. The smallest absolute Gasteiger partial charge is 0.175 e. The van der Waals surface area contributed by atoms with Gasteiger partial charge in [-0.05, 0) is 80.1 Å². The minimum Gasteiger partial charge on any atom is -0.398 e. The van der Waals surface area contributed by atoms with Crippen molar-refractivity contribution in [2.75, 3.05) is 49.5 Å². The van der Waals surface area contributed by atoms with Crippen LogP contribution < -0.4 is 21.3 Å². The molecule has 0 fully saturated rings. The Morgan fingerprint density at radius 2 is 1.17 bits per heavy atom. The van der Waals surface area contributed by atoms with E-state index in [2.05, 4.69) is 48.3 Å².